The van der Waals surface area contributed by atoms with E-state index in [1.54, 1.807) is 0 Å². The third-order valence-electron chi connectivity index (χ3n) is 2.75. The van der Waals surface area contributed by atoms with Crippen LogP contribution in [0.25, 0.3) is 0 Å². The monoisotopic (exact) mass is 180 g/mol. The van der Waals surface area contributed by atoms with Crippen LogP contribution >= 0.6 is 0 Å². The molecule has 13 heavy (non-hydrogen) atoms. The molecule has 1 aliphatic rings. The third-order valence-corrected chi connectivity index (χ3v) is 2.75. The lowest BCUT2D eigenvalue weighted by Gasteiger charge is -2.31. The minimum absolute atomic E-state index is 0.0990. The van der Waals surface area contributed by atoms with E-state index >= 15 is 0 Å². The molecule has 0 aliphatic heterocycles. The number of aliphatic hydroxyl groups is 1. The van der Waals surface area contributed by atoms with E-state index in [2.05, 4.69) is 39.8 Å². The lowest BCUT2D eigenvalue weighted by molar-refractivity contribution is 0.104. The Labute approximate surface area is 81.2 Å². The zero-order valence-electron chi connectivity index (χ0n) is 9.04. The smallest absolute Gasteiger partial charge is 0.0760 e. The highest BCUT2D eigenvalue weighted by Gasteiger charge is 2.33. The first-order valence-corrected chi connectivity index (χ1v) is 4.94. The fourth-order valence-corrected chi connectivity index (χ4v) is 2.23. The van der Waals surface area contributed by atoms with E-state index in [1.807, 2.05) is 6.08 Å². The number of aliphatic hydroxyl groups excluding tert-OH is 1. The predicted octanol–water partition coefficient (Wildman–Crippen LogP) is 2.92. The van der Waals surface area contributed by atoms with Crippen molar-refractivity contribution in [1.29, 1.82) is 0 Å². The minimum Gasteiger partial charge on any atom is -0.389 e. The molecule has 0 saturated heterocycles. The van der Waals surface area contributed by atoms with Crippen LogP contribution in [-0.4, -0.2) is 11.2 Å². The van der Waals surface area contributed by atoms with Gasteiger partial charge in [-0.05, 0) is 25.7 Å². The molecular weight excluding hydrogens is 160 g/mol. The van der Waals surface area contributed by atoms with Gasteiger partial charge in [-0.3, -0.25) is 0 Å². The zero-order valence-corrected chi connectivity index (χ0v) is 9.04. The van der Waals surface area contributed by atoms with Crippen molar-refractivity contribution in [2.24, 2.45) is 11.3 Å². The minimum atomic E-state index is -0.259. The maximum Gasteiger partial charge on any atom is 0.0760 e. The number of rotatable bonds is 2. The molecule has 1 heteroatoms. The quantitative estimate of drug-likeness (QED) is 0.648. The van der Waals surface area contributed by atoms with Gasteiger partial charge in [-0.25, -0.2) is 0 Å². The van der Waals surface area contributed by atoms with E-state index in [4.69, 9.17) is 0 Å². The summed E-state index contributed by atoms with van der Waals surface area (Å²) in [7, 11) is 0. The SMILES string of the molecule is CC(C)=CC(C)(C)C1CC=CC1O. The molecule has 0 radical (unpaired) electrons. The Bertz CT molecular complexity index is 232. The molecule has 0 fully saturated rings. The Hall–Kier alpha value is -0.560. The maximum absolute atomic E-state index is 9.72. The van der Waals surface area contributed by atoms with Crippen LogP contribution in [0, 0.1) is 11.3 Å². The lowest BCUT2D eigenvalue weighted by Crippen LogP contribution is -2.28. The Morgan fingerprint density at radius 2 is 2.08 bits per heavy atom. The van der Waals surface area contributed by atoms with Gasteiger partial charge in [-0.1, -0.05) is 37.6 Å². The van der Waals surface area contributed by atoms with Gasteiger partial charge in [0.05, 0.1) is 6.10 Å². The third kappa shape index (κ3) is 2.44. The maximum atomic E-state index is 9.72. The molecule has 1 aliphatic carbocycles. The molecule has 2 atom stereocenters. The molecule has 2 unspecified atom stereocenters. The van der Waals surface area contributed by atoms with E-state index in [0.29, 0.717) is 5.92 Å². The first-order valence-electron chi connectivity index (χ1n) is 4.94. The highest BCUT2D eigenvalue weighted by atomic mass is 16.3. The summed E-state index contributed by atoms with van der Waals surface area (Å²) < 4.78 is 0. The second kappa shape index (κ2) is 3.67. The van der Waals surface area contributed by atoms with Crippen molar-refractivity contribution in [3.63, 3.8) is 0 Å². The van der Waals surface area contributed by atoms with E-state index < -0.39 is 0 Å². The second-order valence-corrected chi connectivity index (χ2v) is 4.80. The molecule has 0 aromatic heterocycles. The fraction of sp³-hybridized carbons (Fsp3) is 0.667. The number of hydrogen-bond donors (Lipinski definition) is 1. The summed E-state index contributed by atoms with van der Waals surface area (Å²) in [5.41, 5.74) is 1.42. The normalized spacial score (nSPS) is 27.8. The molecule has 1 N–H and O–H groups in total. The Morgan fingerprint density at radius 1 is 1.46 bits per heavy atom. The summed E-state index contributed by atoms with van der Waals surface area (Å²) in [6.45, 7) is 8.61. The first kappa shape index (κ1) is 10.5. The van der Waals surface area contributed by atoms with E-state index in [1.165, 1.54) is 5.57 Å². The van der Waals surface area contributed by atoms with Crippen LogP contribution in [0.2, 0.25) is 0 Å². The highest BCUT2D eigenvalue weighted by molar-refractivity contribution is 5.13. The summed E-state index contributed by atoms with van der Waals surface area (Å²) in [5.74, 6) is 0.349. The average molecular weight is 180 g/mol. The summed E-state index contributed by atoms with van der Waals surface area (Å²) in [6.07, 6.45) is 6.98. The van der Waals surface area contributed by atoms with Crippen molar-refractivity contribution in [2.75, 3.05) is 0 Å². The van der Waals surface area contributed by atoms with Crippen molar-refractivity contribution >= 4 is 0 Å². The molecule has 0 heterocycles. The second-order valence-electron chi connectivity index (χ2n) is 4.80. The van der Waals surface area contributed by atoms with E-state index in [0.717, 1.165) is 6.42 Å². The number of hydrogen-bond acceptors (Lipinski definition) is 1. The Morgan fingerprint density at radius 3 is 2.46 bits per heavy atom. The van der Waals surface area contributed by atoms with Crippen molar-refractivity contribution in [2.45, 2.75) is 40.2 Å². The summed E-state index contributed by atoms with van der Waals surface area (Å²) in [4.78, 5) is 0. The number of allylic oxidation sites excluding steroid dienone is 3. The van der Waals surface area contributed by atoms with Gasteiger partial charge in [-0.15, -0.1) is 0 Å². The van der Waals surface area contributed by atoms with Gasteiger partial charge in [0.2, 0.25) is 0 Å². The van der Waals surface area contributed by atoms with Gasteiger partial charge in [-0.2, -0.15) is 0 Å². The van der Waals surface area contributed by atoms with Crippen molar-refractivity contribution < 1.29 is 5.11 Å². The fourth-order valence-electron chi connectivity index (χ4n) is 2.23. The van der Waals surface area contributed by atoms with Gasteiger partial charge < -0.3 is 5.11 Å². The van der Waals surface area contributed by atoms with Crippen LogP contribution in [0.15, 0.2) is 23.8 Å². The Balaban J connectivity index is 2.75. The standard InChI is InChI=1S/C12H20O/c1-9(2)8-12(3,4)10-6-5-7-11(10)13/h5,7-8,10-11,13H,6H2,1-4H3. The summed E-state index contributed by atoms with van der Waals surface area (Å²) >= 11 is 0. The molecule has 0 bridgehead atoms. The lowest BCUT2D eigenvalue weighted by atomic mass is 9.75. The molecule has 1 rings (SSSR count). The van der Waals surface area contributed by atoms with Crippen molar-refractivity contribution in [3.05, 3.63) is 23.8 Å². The van der Waals surface area contributed by atoms with Crippen LogP contribution in [0.5, 0.6) is 0 Å². The van der Waals surface area contributed by atoms with Gasteiger partial charge >= 0.3 is 0 Å². The largest absolute Gasteiger partial charge is 0.389 e. The van der Waals surface area contributed by atoms with Crippen LogP contribution in [0.4, 0.5) is 0 Å². The molecule has 1 nitrogen and oxygen atoms in total. The van der Waals surface area contributed by atoms with Gasteiger partial charge in [0.1, 0.15) is 0 Å². The van der Waals surface area contributed by atoms with Crippen LogP contribution in [0.3, 0.4) is 0 Å². The van der Waals surface area contributed by atoms with Crippen LogP contribution < -0.4 is 0 Å². The Kier molecular flexibility index (Phi) is 2.97. The van der Waals surface area contributed by atoms with Crippen LogP contribution in [-0.2, 0) is 0 Å². The van der Waals surface area contributed by atoms with E-state index in [9.17, 15) is 5.11 Å². The summed E-state index contributed by atoms with van der Waals surface area (Å²) in [5, 5.41) is 9.72. The van der Waals surface area contributed by atoms with Gasteiger partial charge in [0, 0.05) is 5.92 Å². The molecule has 0 amide bonds. The zero-order chi connectivity index (χ0) is 10.1. The van der Waals surface area contributed by atoms with Gasteiger partial charge in [0.25, 0.3) is 0 Å². The summed E-state index contributed by atoms with van der Waals surface area (Å²) in [6, 6.07) is 0. The first-order chi connectivity index (χ1) is 5.93. The van der Waals surface area contributed by atoms with Gasteiger partial charge in [0.15, 0.2) is 0 Å². The van der Waals surface area contributed by atoms with Crippen molar-refractivity contribution in [3.8, 4) is 0 Å². The highest BCUT2D eigenvalue weighted by Crippen LogP contribution is 2.38. The molecular formula is C12H20O. The predicted molar refractivity (Wildman–Crippen MR) is 56.5 cm³/mol. The molecule has 74 valence electrons. The topological polar surface area (TPSA) is 20.2 Å². The van der Waals surface area contributed by atoms with Crippen LogP contribution in [0.1, 0.15) is 34.1 Å². The van der Waals surface area contributed by atoms with Crippen molar-refractivity contribution in [1.82, 2.24) is 0 Å². The van der Waals surface area contributed by atoms with E-state index in [-0.39, 0.29) is 11.5 Å². The molecule has 0 saturated carbocycles. The molecule has 0 aromatic carbocycles. The molecule has 0 aromatic rings. The molecule has 0 spiro atoms. The average Bonchev–Trinajstić information content (AvgIpc) is 2.32.